The van der Waals surface area contributed by atoms with Gasteiger partial charge in [0.25, 0.3) is 0 Å². The van der Waals surface area contributed by atoms with Crippen LogP contribution in [0.1, 0.15) is 77.2 Å². The number of hydrogen-bond donors (Lipinski definition) is 0. The van der Waals surface area contributed by atoms with E-state index in [1.54, 1.807) is 19.2 Å². The second-order valence-corrected chi connectivity index (χ2v) is 8.49. The molecule has 0 aromatic heterocycles. The summed E-state index contributed by atoms with van der Waals surface area (Å²) < 4.78 is 75.2. The van der Waals surface area contributed by atoms with E-state index in [0.717, 1.165) is 31.2 Å². The van der Waals surface area contributed by atoms with Crippen molar-refractivity contribution in [2.45, 2.75) is 77.2 Å². The molecule has 0 amide bonds. The molecule has 0 fully saturated rings. The van der Waals surface area contributed by atoms with E-state index in [0.29, 0.717) is 0 Å². The van der Waals surface area contributed by atoms with Crippen LogP contribution >= 0.6 is 0 Å². The van der Waals surface area contributed by atoms with Gasteiger partial charge < -0.3 is 4.74 Å². The number of methoxy groups -OCH3 is 1. The Morgan fingerprint density at radius 2 is 1.35 bits per heavy atom. The highest BCUT2D eigenvalue weighted by molar-refractivity contribution is 5.66. The molecule has 0 heterocycles. The van der Waals surface area contributed by atoms with Crippen LogP contribution in [0.2, 0.25) is 0 Å². The molecular formula is C25H31F5O. The largest absolute Gasteiger partial charge is 0.378 e. The maximum absolute atomic E-state index is 14.3. The summed E-state index contributed by atoms with van der Waals surface area (Å²) in [5, 5.41) is 0. The van der Waals surface area contributed by atoms with Crippen molar-refractivity contribution < 1.29 is 26.7 Å². The average molecular weight is 443 g/mol. The standard InChI is InChI=1S/C25H31F5O/c1-5-6-7-8-9-10-14-18(25(2,3)31-4)16-12-11-13-17(15-16)19-20(26)22(28)24(30)23(29)21(19)27/h11-13,15,18H,5-10,14H2,1-4H3. The smallest absolute Gasteiger partial charge is 0.200 e. The minimum absolute atomic E-state index is 0.0508. The summed E-state index contributed by atoms with van der Waals surface area (Å²) in [6.07, 6.45) is 7.50. The van der Waals surface area contributed by atoms with E-state index < -0.39 is 40.3 Å². The Labute approximate surface area is 181 Å². The van der Waals surface area contributed by atoms with Crippen LogP contribution in [0.5, 0.6) is 0 Å². The monoisotopic (exact) mass is 442 g/mol. The SMILES string of the molecule is CCCCCCCCC(c1cccc(-c2c(F)c(F)c(F)c(F)c2F)c1)C(C)(C)OC. The fourth-order valence-corrected chi connectivity index (χ4v) is 3.96. The van der Waals surface area contributed by atoms with Crippen LogP contribution in [0.15, 0.2) is 24.3 Å². The highest BCUT2D eigenvalue weighted by Gasteiger charge is 2.31. The quantitative estimate of drug-likeness (QED) is 0.147. The Morgan fingerprint density at radius 3 is 1.94 bits per heavy atom. The Morgan fingerprint density at radius 1 is 0.806 bits per heavy atom. The van der Waals surface area contributed by atoms with Crippen molar-refractivity contribution >= 4 is 0 Å². The Bertz CT molecular complexity index is 849. The molecule has 0 N–H and O–H groups in total. The van der Waals surface area contributed by atoms with Crippen LogP contribution in [0, 0.1) is 29.1 Å². The summed E-state index contributed by atoms with van der Waals surface area (Å²) in [4.78, 5) is 0. The summed E-state index contributed by atoms with van der Waals surface area (Å²) in [7, 11) is 1.60. The number of ether oxygens (including phenoxy) is 1. The molecule has 0 aliphatic rings. The van der Waals surface area contributed by atoms with E-state index in [1.165, 1.54) is 31.4 Å². The molecule has 6 heteroatoms. The van der Waals surface area contributed by atoms with E-state index >= 15 is 0 Å². The maximum Gasteiger partial charge on any atom is 0.200 e. The van der Waals surface area contributed by atoms with Crippen molar-refractivity contribution in [3.05, 3.63) is 58.9 Å². The summed E-state index contributed by atoms with van der Waals surface area (Å²) >= 11 is 0. The number of rotatable bonds is 11. The lowest BCUT2D eigenvalue weighted by atomic mass is 9.80. The van der Waals surface area contributed by atoms with Gasteiger partial charge in [0.15, 0.2) is 23.3 Å². The van der Waals surface area contributed by atoms with Crippen molar-refractivity contribution in [2.75, 3.05) is 7.11 Å². The van der Waals surface area contributed by atoms with Gasteiger partial charge in [0, 0.05) is 13.0 Å². The van der Waals surface area contributed by atoms with E-state index in [2.05, 4.69) is 6.92 Å². The lowest BCUT2D eigenvalue weighted by Gasteiger charge is -2.34. The topological polar surface area (TPSA) is 9.23 Å². The summed E-state index contributed by atoms with van der Waals surface area (Å²) in [5.41, 5.74) is -0.794. The molecule has 2 rings (SSSR count). The van der Waals surface area contributed by atoms with Crippen molar-refractivity contribution in [1.82, 2.24) is 0 Å². The van der Waals surface area contributed by atoms with Gasteiger partial charge in [-0.25, -0.2) is 22.0 Å². The molecule has 0 saturated carbocycles. The van der Waals surface area contributed by atoms with Crippen molar-refractivity contribution in [2.24, 2.45) is 0 Å². The van der Waals surface area contributed by atoms with Crippen LogP contribution in [0.25, 0.3) is 11.1 Å². The molecule has 172 valence electrons. The first-order valence-corrected chi connectivity index (χ1v) is 10.8. The fourth-order valence-electron chi connectivity index (χ4n) is 3.96. The fraction of sp³-hybridized carbons (Fsp3) is 0.520. The van der Waals surface area contributed by atoms with Crippen LogP contribution in [-0.4, -0.2) is 12.7 Å². The van der Waals surface area contributed by atoms with Gasteiger partial charge in [-0.15, -0.1) is 0 Å². The normalized spacial score (nSPS) is 12.9. The summed E-state index contributed by atoms with van der Waals surface area (Å²) in [5.74, 6) is -9.80. The van der Waals surface area contributed by atoms with Gasteiger partial charge in [0.05, 0.1) is 11.2 Å². The summed E-state index contributed by atoms with van der Waals surface area (Å²) in [6.45, 7) is 6.02. The lowest BCUT2D eigenvalue weighted by molar-refractivity contribution is -0.00448. The Hall–Kier alpha value is -1.95. The van der Waals surface area contributed by atoms with Crippen molar-refractivity contribution in [3.8, 4) is 11.1 Å². The first-order chi connectivity index (χ1) is 14.7. The number of benzene rings is 2. The second-order valence-electron chi connectivity index (χ2n) is 8.49. The third kappa shape index (κ3) is 5.85. The molecule has 0 aliphatic heterocycles. The van der Waals surface area contributed by atoms with Crippen LogP contribution in [0.3, 0.4) is 0 Å². The van der Waals surface area contributed by atoms with E-state index in [9.17, 15) is 22.0 Å². The predicted molar refractivity (Wildman–Crippen MR) is 113 cm³/mol. The Balaban J connectivity index is 2.38. The molecule has 0 spiro atoms. The van der Waals surface area contributed by atoms with Gasteiger partial charge in [0.1, 0.15) is 0 Å². The van der Waals surface area contributed by atoms with E-state index in [-0.39, 0.29) is 11.5 Å². The Kier molecular flexibility index (Phi) is 9.04. The molecule has 0 bridgehead atoms. The van der Waals surface area contributed by atoms with Gasteiger partial charge in [-0.2, -0.15) is 0 Å². The molecule has 0 saturated heterocycles. The molecule has 0 aliphatic carbocycles. The average Bonchev–Trinajstić information content (AvgIpc) is 2.76. The van der Waals surface area contributed by atoms with Gasteiger partial charge in [0.2, 0.25) is 5.82 Å². The first kappa shape index (κ1) is 25.3. The minimum atomic E-state index is -2.16. The van der Waals surface area contributed by atoms with E-state index in [1.807, 2.05) is 13.8 Å². The third-order valence-corrected chi connectivity index (χ3v) is 6.00. The summed E-state index contributed by atoms with van der Waals surface area (Å²) in [6, 6.07) is 6.23. The molecule has 0 radical (unpaired) electrons. The van der Waals surface area contributed by atoms with Crippen molar-refractivity contribution in [3.63, 3.8) is 0 Å². The van der Waals surface area contributed by atoms with Crippen LogP contribution in [0.4, 0.5) is 22.0 Å². The van der Waals surface area contributed by atoms with Crippen molar-refractivity contribution in [1.29, 1.82) is 0 Å². The highest BCUT2D eigenvalue weighted by Crippen LogP contribution is 2.38. The van der Waals surface area contributed by atoms with Crippen LogP contribution < -0.4 is 0 Å². The molecule has 31 heavy (non-hydrogen) atoms. The zero-order valence-corrected chi connectivity index (χ0v) is 18.6. The molecule has 2 aromatic carbocycles. The van der Waals surface area contributed by atoms with Crippen LogP contribution in [-0.2, 0) is 4.74 Å². The van der Waals surface area contributed by atoms with E-state index in [4.69, 9.17) is 4.74 Å². The molecular weight excluding hydrogens is 411 g/mol. The number of hydrogen-bond acceptors (Lipinski definition) is 1. The zero-order valence-electron chi connectivity index (χ0n) is 18.6. The maximum atomic E-state index is 14.3. The lowest BCUT2D eigenvalue weighted by Crippen LogP contribution is -2.31. The minimum Gasteiger partial charge on any atom is -0.378 e. The highest BCUT2D eigenvalue weighted by atomic mass is 19.2. The molecule has 1 unspecified atom stereocenters. The number of halogens is 5. The molecule has 1 atom stereocenters. The third-order valence-electron chi connectivity index (χ3n) is 6.00. The predicted octanol–water partition coefficient (Wildman–Crippen LogP) is 8.31. The molecule has 2 aromatic rings. The van der Waals surface area contributed by atoms with Gasteiger partial charge in [-0.3, -0.25) is 0 Å². The van der Waals surface area contributed by atoms with Gasteiger partial charge in [-0.05, 0) is 31.4 Å². The van der Waals surface area contributed by atoms with Gasteiger partial charge >= 0.3 is 0 Å². The second kappa shape index (κ2) is 11.1. The van der Waals surface area contributed by atoms with Gasteiger partial charge in [-0.1, -0.05) is 69.7 Å². The zero-order chi connectivity index (χ0) is 23.2. The first-order valence-electron chi connectivity index (χ1n) is 10.8. The number of unbranched alkanes of at least 4 members (excludes halogenated alkanes) is 5. The molecule has 1 nitrogen and oxygen atoms in total.